The molecule has 0 radical (unpaired) electrons. The lowest BCUT2D eigenvalue weighted by Crippen LogP contribution is -2.51. The number of aromatic nitrogens is 2. The molecule has 31 heavy (non-hydrogen) atoms. The first-order valence-corrected chi connectivity index (χ1v) is 12.2. The smallest absolute Gasteiger partial charge is 0.380 e. The van der Waals surface area contributed by atoms with E-state index < -0.39 is 30.0 Å². The molecule has 0 saturated heterocycles. The maximum absolute atomic E-state index is 14.2. The summed E-state index contributed by atoms with van der Waals surface area (Å²) in [6.45, 7) is 5.52. The molecular weight excluding hydrogens is 441 g/mol. The topological polar surface area (TPSA) is 48.9 Å². The van der Waals surface area contributed by atoms with Gasteiger partial charge in [0.1, 0.15) is 0 Å². The Morgan fingerprint density at radius 2 is 1.84 bits per heavy atom. The summed E-state index contributed by atoms with van der Waals surface area (Å²) in [5.74, 6) is 0.857. The third-order valence-corrected chi connectivity index (χ3v) is 7.01. The van der Waals surface area contributed by atoms with Crippen LogP contribution in [0, 0.1) is 0 Å². The van der Waals surface area contributed by atoms with E-state index in [1.54, 1.807) is 37.9 Å². The molecule has 1 unspecified atom stereocenters. The number of aromatic amines is 1. The summed E-state index contributed by atoms with van der Waals surface area (Å²) < 4.78 is 42.5. The van der Waals surface area contributed by atoms with Crippen LogP contribution in [0.5, 0.6) is 0 Å². The zero-order valence-electron chi connectivity index (χ0n) is 18.0. The van der Waals surface area contributed by atoms with Crippen molar-refractivity contribution < 1.29 is 18.3 Å². The molecule has 1 atom stereocenters. The molecule has 168 valence electrons. The molecule has 0 fully saturated rings. The maximum atomic E-state index is 14.2. The summed E-state index contributed by atoms with van der Waals surface area (Å²) in [4.78, 5) is 8.23. The average molecular weight is 469 g/mol. The summed E-state index contributed by atoms with van der Waals surface area (Å²) in [5.41, 5.74) is -1.97. The molecule has 0 aliphatic rings. The van der Waals surface area contributed by atoms with Crippen molar-refractivity contribution in [2.45, 2.75) is 60.7 Å². The van der Waals surface area contributed by atoms with Crippen LogP contribution in [0.2, 0.25) is 0 Å². The number of rotatable bonds is 8. The van der Waals surface area contributed by atoms with Gasteiger partial charge in [0.2, 0.25) is 0 Å². The third kappa shape index (κ3) is 5.23. The molecule has 2 aromatic heterocycles. The molecule has 3 rings (SSSR count). The number of pyridine rings is 1. The van der Waals surface area contributed by atoms with E-state index in [-0.39, 0.29) is 0 Å². The molecule has 0 saturated carbocycles. The van der Waals surface area contributed by atoms with Crippen molar-refractivity contribution in [1.29, 1.82) is 0 Å². The molecular formula is C23H27F3N2OS2. The Hall–Kier alpha value is -1.64. The first-order chi connectivity index (χ1) is 14.5. The monoisotopic (exact) mass is 468 g/mol. The molecule has 3 aromatic rings. The summed E-state index contributed by atoms with van der Waals surface area (Å²) in [6, 6.07) is 10.9. The van der Waals surface area contributed by atoms with Crippen molar-refractivity contribution in [1.82, 2.24) is 9.97 Å². The van der Waals surface area contributed by atoms with E-state index in [0.29, 0.717) is 11.2 Å². The van der Waals surface area contributed by atoms with Gasteiger partial charge in [0, 0.05) is 22.4 Å². The van der Waals surface area contributed by atoms with Crippen LogP contribution in [-0.2, 0) is 11.8 Å². The van der Waals surface area contributed by atoms with Gasteiger partial charge in [0.25, 0.3) is 0 Å². The second-order valence-corrected chi connectivity index (χ2v) is 10.4. The van der Waals surface area contributed by atoms with Gasteiger partial charge in [-0.25, -0.2) is 4.98 Å². The van der Waals surface area contributed by atoms with Crippen molar-refractivity contribution in [2.24, 2.45) is 0 Å². The van der Waals surface area contributed by atoms with Gasteiger partial charge in [-0.2, -0.15) is 13.2 Å². The van der Waals surface area contributed by atoms with Gasteiger partial charge in [-0.3, -0.25) is 0 Å². The van der Waals surface area contributed by atoms with Crippen LogP contribution in [0.3, 0.4) is 0 Å². The van der Waals surface area contributed by atoms with E-state index in [2.05, 4.69) is 9.97 Å². The first-order valence-electron chi connectivity index (χ1n) is 10.0. The highest BCUT2D eigenvalue weighted by Gasteiger charge is 2.56. The quantitative estimate of drug-likeness (QED) is 0.366. The number of nitrogens with zero attached hydrogens (tertiary/aromatic N) is 1. The zero-order chi connectivity index (χ0) is 22.9. The van der Waals surface area contributed by atoms with Crippen LogP contribution in [0.25, 0.3) is 10.9 Å². The van der Waals surface area contributed by atoms with Gasteiger partial charge in [0.15, 0.2) is 5.60 Å². The van der Waals surface area contributed by atoms with Gasteiger partial charge in [-0.05, 0) is 47.6 Å². The van der Waals surface area contributed by atoms with Crippen molar-refractivity contribution in [3.63, 3.8) is 0 Å². The van der Waals surface area contributed by atoms with Crippen LogP contribution < -0.4 is 0 Å². The van der Waals surface area contributed by atoms with E-state index in [0.717, 1.165) is 26.6 Å². The minimum atomic E-state index is -4.78. The summed E-state index contributed by atoms with van der Waals surface area (Å²) in [6.07, 6.45) is -2.26. The molecule has 8 heteroatoms. The van der Waals surface area contributed by atoms with E-state index >= 15 is 0 Å². The fourth-order valence-corrected chi connectivity index (χ4v) is 5.41. The lowest BCUT2D eigenvalue weighted by atomic mass is 9.73. The minimum absolute atomic E-state index is 0.337. The Morgan fingerprint density at radius 3 is 2.48 bits per heavy atom. The molecule has 0 aliphatic heterocycles. The number of thioether (sulfide) groups is 2. The minimum Gasteiger partial charge on any atom is -0.380 e. The highest BCUT2D eigenvalue weighted by molar-refractivity contribution is 7.99. The molecule has 2 heterocycles. The van der Waals surface area contributed by atoms with Crippen LogP contribution in [0.15, 0.2) is 52.5 Å². The first kappa shape index (κ1) is 24.0. The fraction of sp³-hybridized carbons (Fsp3) is 0.435. The van der Waals surface area contributed by atoms with Crippen molar-refractivity contribution in [3.05, 3.63) is 53.9 Å². The zero-order valence-corrected chi connectivity index (χ0v) is 19.6. The molecule has 0 amide bonds. The maximum Gasteiger partial charge on any atom is 0.417 e. The van der Waals surface area contributed by atoms with Crippen LogP contribution in [0.4, 0.5) is 13.2 Å². The largest absolute Gasteiger partial charge is 0.417 e. The molecule has 1 aromatic carbocycles. The predicted octanol–water partition coefficient (Wildman–Crippen LogP) is 6.60. The van der Waals surface area contributed by atoms with Crippen LogP contribution in [-0.4, -0.2) is 38.9 Å². The number of alkyl halides is 3. The van der Waals surface area contributed by atoms with Crippen LogP contribution in [0.1, 0.15) is 38.4 Å². The number of nitrogens with one attached hydrogen (secondary N) is 1. The number of H-pyrrole nitrogens is 1. The van der Waals surface area contributed by atoms with Crippen LogP contribution >= 0.6 is 23.5 Å². The Bertz CT molecular complexity index is 1050. The number of benzene rings is 1. The Labute approximate surface area is 189 Å². The van der Waals surface area contributed by atoms with Crippen molar-refractivity contribution >= 4 is 34.4 Å². The van der Waals surface area contributed by atoms with Gasteiger partial charge < -0.3 is 10.1 Å². The highest BCUT2D eigenvalue weighted by atomic mass is 32.2. The van der Waals surface area contributed by atoms with Crippen molar-refractivity contribution in [3.8, 4) is 0 Å². The van der Waals surface area contributed by atoms with E-state index in [1.807, 2.05) is 43.5 Å². The lowest BCUT2D eigenvalue weighted by Gasteiger charge is -2.38. The number of hydrogen-bond acceptors (Lipinski definition) is 4. The van der Waals surface area contributed by atoms with Gasteiger partial charge in [0.05, 0.1) is 16.7 Å². The molecule has 0 bridgehead atoms. The van der Waals surface area contributed by atoms with E-state index in [1.165, 1.54) is 11.8 Å². The SMILES string of the molecule is CCSc1cc2cc(CC(O)(CC(C)(C)c3ccccc3SC)C(F)(F)F)[nH]c2cn1. The summed E-state index contributed by atoms with van der Waals surface area (Å²) in [7, 11) is 0. The third-order valence-electron chi connectivity index (χ3n) is 5.41. The Morgan fingerprint density at radius 1 is 1.13 bits per heavy atom. The van der Waals surface area contributed by atoms with Crippen molar-refractivity contribution in [2.75, 3.05) is 12.0 Å². The lowest BCUT2D eigenvalue weighted by molar-refractivity contribution is -0.266. The number of aliphatic hydroxyl groups is 1. The van der Waals surface area contributed by atoms with Gasteiger partial charge in [-0.15, -0.1) is 23.5 Å². The predicted molar refractivity (Wildman–Crippen MR) is 123 cm³/mol. The second-order valence-electron chi connectivity index (χ2n) is 8.30. The normalized spacial score (nSPS) is 14.7. The Kier molecular flexibility index (Phi) is 7.03. The van der Waals surface area contributed by atoms with E-state index in [9.17, 15) is 18.3 Å². The number of halogens is 3. The molecule has 2 N–H and O–H groups in total. The number of fused-ring (bicyclic) bond motifs is 1. The Balaban J connectivity index is 1.95. The molecule has 3 nitrogen and oxygen atoms in total. The fourth-order valence-electron chi connectivity index (χ4n) is 4.00. The summed E-state index contributed by atoms with van der Waals surface area (Å²) in [5, 5.41) is 12.6. The van der Waals surface area contributed by atoms with Gasteiger partial charge >= 0.3 is 6.18 Å². The number of hydrogen-bond donors (Lipinski definition) is 2. The second kappa shape index (κ2) is 9.08. The highest BCUT2D eigenvalue weighted by Crippen LogP contribution is 2.44. The standard InChI is InChI=1S/C23H27F3N2OS2/c1-5-31-20-11-15-10-16(28-18(15)13-27-20)12-22(29,23(24,25)26)14-21(2,3)17-8-6-7-9-19(17)30-4/h6-11,13,28-29H,5,12,14H2,1-4H3. The average Bonchev–Trinajstić information content (AvgIpc) is 3.08. The molecule has 0 aliphatic carbocycles. The van der Waals surface area contributed by atoms with E-state index in [4.69, 9.17) is 0 Å². The van der Waals surface area contributed by atoms with Gasteiger partial charge in [-0.1, -0.05) is 39.0 Å². The molecule has 0 spiro atoms. The summed E-state index contributed by atoms with van der Waals surface area (Å²) >= 11 is 3.06.